The lowest BCUT2D eigenvalue weighted by molar-refractivity contribution is -0.384. The van der Waals surface area contributed by atoms with E-state index in [0.717, 1.165) is 16.3 Å². The first kappa shape index (κ1) is 14.5. The highest BCUT2D eigenvalue weighted by atomic mass is 32.1. The maximum Gasteiger partial charge on any atom is 0.409 e. The first-order chi connectivity index (χ1) is 10.6. The Labute approximate surface area is 130 Å². The van der Waals surface area contributed by atoms with E-state index in [4.69, 9.17) is 4.74 Å². The summed E-state index contributed by atoms with van der Waals surface area (Å²) in [5.74, 6) is 0. The molecule has 8 heteroatoms. The minimum atomic E-state index is -0.425. The summed E-state index contributed by atoms with van der Waals surface area (Å²) in [5, 5.41) is 13.5. The fraction of sp³-hybridized carbons (Fsp3) is 0.286. The number of nitro groups is 1. The third kappa shape index (κ3) is 3.06. The molecule has 114 valence electrons. The van der Waals surface area contributed by atoms with E-state index in [1.165, 1.54) is 23.5 Å². The number of hydrogen-bond acceptors (Lipinski definition) is 6. The van der Waals surface area contributed by atoms with Gasteiger partial charge in [0.25, 0.3) is 5.69 Å². The molecule has 2 heterocycles. The van der Waals surface area contributed by atoms with Crippen LogP contribution in [0.1, 0.15) is 5.01 Å². The van der Waals surface area contributed by atoms with E-state index in [2.05, 4.69) is 4.98 Å². The fourth-order valence-corrected chi connectivity index (χ4v) is 2.97. The maximum absolute atomic E-state index is 11.3. The minimum Gasteiger partial charge on any atom is -0.448 e. The monoisotopic (exact) mass is 319 g/mol. The molecule has 0 aliphatic carbocycles. The van der Waals surface area contributed by atoms with Gasteiger partial charge < -0.3 is 9.64 Å². The lowest BCUT2D eigenvalue weighted by Gasteiger charge is -2.10. The van der Waals surface area contributed by atoms with Crippen molar-refractivity contribution >= 4 is 23.1 Å². The number of amides is 1. The number of hydrogen-bond donors (Lipinski definition) is 0. The quantitative estimate of drug-likeness (QED) is 0.625. The Kier molecular flexibility index (Phi) is 4.01. The van der Waals surface area contributed by atoms with Gasteiger partial charge in [-0.1, -0.05) is 0 Å². The Morgan fingerprint density at radius 3 is 2.77 bits per heavy atom. The summed E-state index contributed by atoms with van der Waals surface area (Å²) in [6.07, 6.45) is 0.402. The molecule has 1 aliphatic rings. The molecule has 1 saturated heterocycles. The van der Waals surface area contributed by atoms with Gasteiger partial charge in [0.15, 0.2) is 0 Å². The second-order valence-electron chi connectivity index (χ2n) is 4.78. The van der Waals surface area contributed by atoms with Crippen LogP contribution in [0.5, 0.6) is 0 Å². The van der Waals surface area contributed by atoms with Crippen molar-refractivity contribution in [3.05, 3.63) is 44.8 Å². The molecule has 0 bridgehead atoms. The van der Waals surface area contributed by atoms with E-state index in [-0.39, 0.29) is 11.8 Å². The van der Waals surface area contributed by atoms with Gasteiger partial charge in [-0.15, -0.1) is 11.3 Å². The molecule has 1 fully saturated rings. The number of nitro benzene ring substituents is 1. The summed E-state index contributed by atoms with van der Waals surface area (Å²) in [6.45, 7) is 1.66. The van der Waals surface area contributed by atoms with Gasteiger partial charge >= 0.3 is 6.09 Å². The standard InChI is InChI=1S/C14H13N3O4S/c18-14-16(7-8-21-14)6-5-13-15-12(9-22-13)10-1-3-11(4-2-10)17(19)20/h1-4,9H,5-8H2. The highest BCUT2D eigenvalue weighted by Crippen LogP contribution is 2.24. The number of thiazole rings is 1. The van der Waals surface area contributed by atoms with Crippen LogP contribution in [0.4, 0.5) is 10.5 Å². The molecule has 7 nitrogen and oxygen atoms in total. The molecule has 1 amide bonds. The predicted octanol–water partition coefficient (Wildman–Crippen LogP) is 2.71. The number of ether oxygens (including phenoxy) is 1. The molecule has 3 rings (SSSR count). The number of nitrogens with zero attached hydrogens (tertiary/aromatic N) is 3. The molecule has 2 aromatic rings. The van der Waals surface area contributed by atoms with Gasteiger partial charge in [0, 0.05) is 36.0 Å². The fourth-order valence-electron chi connectivity index (χ4n) is 2.17. The molecule has 0 spiro atoms. The second-order valence-corrected chi connectivity index (χ2v) is 5.72. The summed E-state index contributed by atoms with van der Waals surface area (Å²) in [6, 6.07) is 6.31. The maximum atomic E-state index is 11.3. The average Bonchev–Trinajstić information content (AvgIpc) is 3.14. The number of aromatic nitrogens is 1. The van der Waals surface area contributed by atoms with Crippen LogP contribution in [0.2, 0.25) is 0 Å². The summed E-state index contributed by atoms with van der Waals surface area (Å²) in [5.41, 5.74) is 1.69. The topological polar surface area (TPSA) is 85.6 Å². The first-order valence-corrected chi connectivity index (χ1v) is 7.62. The second kappa shape index (κ2) is 6.10. The van der Waals surface area contributed by atoms with Crippen molar-refractivity contribution in [2.45, 2.75) is 6.42 Å². The number of carbonyl (C=O) groups is 1. The van der Waals surface area contributed by atoms with Gasteiger partial charge in [0.05, 0.1) is 22.2 Å². The van der Waals surface area contributed by atoms with Gasteiger partial charge in [-0.2, -0.15) is 0 Å². The van der Waals surface area contributed by atoms with Crippen LogP contribution in [0.15, 0.2) is 29.6 Å². The lowest BCUT2D eigenvalue weighted by Crippen LogP contribution is -2.26. The van der Waals surface area contributed by atoms with Crippen molar-refractivity contribution in [1.82, 2.24) is 9.88 Å². The molecular weight excluding hydrogens is 306 g/mol. The SMILES string of the molecule is O=C1OCCN1CCc1nc(-c2ccc([N+](=O)[O-])cc2)cs1. The Balaban J connectivity index is 1.65. The highest BCUT2D eigenvalue weighted by Gasteiger charge is 2.21. The number of rotatable bonds is 5. The van der Waals surface area contributed by atoms with Crippen LogP contribution in [0.3, 0.4) is 0 Å². The normalized spacial score (nSPS) is 14.2. The van der Waals surface area contributed by atoms with Gasteiger partial charge in [-0.05, 0) is 12.1 Å². The summed E-state index contributed by atoms with van der Waals surface area (Å²) in [4.78, 5) is 27.7. The van der Waals surface area contributed by atoms with Gasteiger partial charge in [-0.3, -0.25) is 10.1 Å². The molecule has 0 saturated carbocycles. The van der Waals surface area contributed by atoms with Crippen molar-refractivity contribution in [1.29, 1.82) is 0 Å². The van der Waals surface area contributed by atoms with E-state index < -0.39 is 4.92 Å². The van der Waals surface area contributed by atoms with E-state index in [1.807, 2.05) is 5.38 Å². The zero-order valence-corrected chi connectivity index (χ0v) is 12.4. The third-order valence-electron chi connectivity index (χ3n) is 3.37. The Morgan fingerprint density at radius 1 is 1.36 bits per heavy atom. The van der Waals surface area contributed by atoms with Crippen LogP contribution in [-0.4, -0.2) is 40.6 Å². The molecule has 22 heavy (non-hydrogen) atoms. The van der Waals surface area contributed by atoms with Crippen molar-refractivity contribution in [2.24, 2.45) is 0 Å². The molecule has 1 aromatic heterocycles. The van der Waals surface area contributed by atoms with Crippen molar-refractivity contribution in [3.8, 4) is 11.3 Å². The molecule has 0 N–H and O–H groups in total. The van der Waals surface area contributed by atoms with Crippen LogP contribution >= 0.6 is 11.3 Å². The van der Waals surface area contributed by atoms with E-state index in [9.17, 15) is 14.9 Å². The van der Waals surface area contributed by atoms with Crippen molar-refractivity contribution in [2.75, 3.05) is 19.7 Å². The summed E-state index contributed by atoms with van der Waals surface area (Å²) >= 11 is 1.52. The Bertz CT molecular complexity index is 698. The number of cyclic esters (lactones) is 1. The van der Waals surface area contributed by atoms with Crippen LogP contribution in [0, 0.1) is 10.1 Å². The molecular formula is C14H13N3O4S. The molecule has 0 atom stereocenters. The van der Waals surface area contributed by atoms with Crippen LogP contribution in [-0.2, 0) is 11.2 Å². The van der Waals surface area contributed by atoms with E-state index in [0.29, 0.717) is 26.1 Å². The molecule has 1 aromatic carbocycles. The first-order valence-electron chi connectivity index (χ1n) is 6.74. The number of non-ortho nitro benzene ring substituents is 1. The average molecular weight is 319 g/mol. The van der Waals surface area contributed by atoms with Gasteiger partial charge in [0.1, 0.15) is 6.61 Å². The Hall–Kier alpha value is -2.48. The summed E-state index contributed by atoms with van der Waals surface area (Å²) in [7, 11) is 0. The lowest BCUT2D eigenvalue weighted by atomic mass is 10.1. The zero-order valence-electron chi connectivity index (χ0n) is 11.6. The largest absolute Gasteiger partial charge is 0.448 e. The minimum absolute atomic E-state index is 0.0618. The van der Waals surface area contributed by atoms with Gasteiger partial charge in [0.2, 0.25) is 0 Å². The molecule has 0 unspecified atom stereocenters. The number of benzene rings is 1. The highest BCUT2D eigenvalue weighted by molar-refractivity contribution is 7.09. The predicted molar refractivity (Wildman–Crippen MR) is 80.8 cm³/mol. The van der Waals surface area contributed by atoms with Crippen LogP contribution < -0.4 is 0 Å². The number of carbonyl (C=O) groups excluding carboxylic acids is 1. The smallest absolute Gasteiger partial charge is 0.409 e. The van der Waals surface area contributed by atoms with E-state index >= 15 is 0 Å². The summed E-state index contributed by atoms with van der Waals surface area (Å²) < 4.78 is 4.87. The van der Waals surface area contributed by atoms with Crippen LogP contribution in [0.25, 0.3) is 11.3 Å². The molecule has 0 radical (unpaired) electrons. The third-order valence-corrected chi connectivity index (χ3v) is 4.27. The molecule has 1 aliphatic heterocycles. The van der Waals surface area contributed by atoms with Crippen molar-refractivity contribution in [3.63, 3.8) is 0 Å². The van der Waals surface area contributed by atoms with E-state index in [1.54, 1.807) is 17.0 Å². The Morgan fingerprint density at radius 2 is 2.14 bits per heavy atom. The van der Waals surface area contributed by atoms with Crippen molar-refractivity contribution < 1.29 is 14.5 Å². The zero-order chi connectivity index (χ0) is 15.5. The van der Waals surface area contributed by atoms with Gasteiger partial charge in [-0.25, -0.2) is 9.78 Å².